The van der Waals surface area contributed by atoms with E-state index in [2.05, 4.69) is 15.5 Å². The molecule has 0 unspecified atom stereocenters. The highest BCUT2D eigenvalue weighted by Crippen LogP contribution is 2.36. The van der Waals surface area contributed by atoms with Crippen molar-refractivity contribution in [3.8, 4) is 0 Å². The summed E-state index contributed by atoms with van der Waals surface area (Å²) in [6, 6.07) is 5.10. The van der Waals surface area contributed by atoms with Crippen molar-refractivity contribution in [3.63, 3.8) is 0 Å². The molecule has 0 fully saturated rings. The van der Waals surface area contributed by atoms with Crippen molar-refractivity contribution >= 4 is 28.2 Å². The minimum absolute atomic E-state index is 0.223. The maximum absolute atomic E-state index is 13.9. The molecule has 4 nitrogen and oxygen atoms in total. The maximum Gasteiger partial charge on any atom is 0.208 e. The molecule has 0 saturated heterocycles. The Kier molecular flexibility index (Phi) is 4.73. The summed E-state index contributed by atoms with van der Waals surface area (Å²) in [6.07, 6.45) is 0. The van der Waals surface area contributed by atoms with E-state index in [4.69, 9.17) is 0 Å². The van der Waals surface area contributed by atoms with Gasteiger partial charge in [0.25, 0.3) is 0 Å². The first-order valence-corrected chi connectivity index (χ1v) is 7.35. The lowest BCUT2D eigenvalue weighted by Gasteiger charge is -2.08. The van der Waals surface area contributed by atoms with E-state index in [1.54, 1.807) is 6.07 Å². The van der Waals surface area contributed by atoms with Gasteiger partial charge in [-0.1, -0.05) is 35.2 Å². The minimum atomic E-state index is -0.223. The lowest BCUT2D eigenvalue weighted by Crippen LogP contribution is -2.07. The van der Waals surface area contributed by atoms with E-state index in [0.717, 1.165) is 15.0 Å². The van der Waals surface area contributed by atoms with Crippen molar-refractivity contribution in [1.82, 2.24) is 15.5 Å². The molecule has 0 aliphatic heterocycles. The van der Waals surface area contributed by atoms with E-state index >= 15 is 0 Å². The molecule has 19 heavy (non-hydrogen) atoms. The van der Waals surface area contributed by atoms with Crippen LogP contribution in [0.1, 0.15) is 5.56 Å². The quantitative estimate of drug-likeness (QED) is 0.919. The fourth-order valence-corrected chi connectivity index (χ4v) is 3.34. The first-order valence-electron chi connectivity index (χ1n) is 5.72. The molecule has 0 atom stereocenters. The van der Waals surface area contributed by atoms with Crippen LogP contribution in [-0.4, -0.2) is 31.3 Å². The maximum atomic E-state index is 13.9. The predicted molar refractivity (Wildman–Crippen MR) is 77.5 cm³/mol. The van der Waals surface area contributed by atoms with Crippen molar-refractivity contribution in [2.45, 2.75) is 15.8 Å². The average Bonchev–Trinajstić information content (AvgIpc) is 2.82. The van der Waals surface area contributed by atoms with Crippen LogP contribution in [0.3, 0.4) is 0 Å². The molecule has 0 bridgehead atoms. The summed E-state index contributed by atoms with van der Waals surface area (Å²) in [4.78, 5) is 2.50. The van der Waals surface area contributed by atoms with Gasteiger partial charge in [-0.2, -0.15) is 0 Å². The van der Waals surface area contributed by atoms with E-state index in [-0.39, 0.29) is 5.82 Å². The first kappa shape index (κ1) is 14.2. The molecule has 1 aromatic heterocycles. The number of nitrogens with one attached hydrogen (secondary N) is 1. The van der Waals surface area contributed by atoms with Crippen molar-refractivity contribution in [2.24, 2.45) is 0 Å². The summed E-state index contributed by atoms with van der Waals surface area (Å²) in [5.74, 6) is -0.223. The fourth-order valence-electron chi connectivity index (χ4n) is 1.51. The van der Waals surface area contributed by atoms with Crippen LogP contribution in [-0.2, 0) is 6.54 Å². The molecule has 2 aromatic rings. The number of anilines is 1. The van der Waals surface area contributed by atoms with Crippen LogP contribution >= 0.6 is 23.1 Å². The van der Waals surface area contributed by atoms with Crippen LogP contribution in [0, 0.1) is 5.82 Å². The second kappa shape index (κ2) is 6.31. The Morgan fingerprint density at radius 2 is 2.16 bits per heavy atom. The highest BCUT2D eigenvalue weighted by atomic mass is 32.2. The second-order valence-electron chi connectivity index (χ2n) is 4.11. The molecular formula is C12H15FN4S2. The van der Waals surface area contributed by atoms with Gasteiger partial charge in [0.1, 0.15) is 5.82 Å². The predicted octanol–water partition coefficient (Wildman–Crippen LogP) is 2.61. The SMILES string of the molecule is CNCc1cccc(F)c1Sc1nnc(N(C)C)s1. The third-order valence-corrected chi connectivity index (χ3v) is 4.69. The molecular weight excluding hydrogens is 283 g/mol. The molecule has 102 valence electrons. The lowest BCUT2D eigenvalue weighted by molar-refractivity contribution is 0.594. The van der Waals surface area contributed by atoms with Crippen molar-refractivity contribution in [3.05, 3.63) is 29.6 Å². The summed E-state index contributed by atoms with van der Waals surface area (Å²) in [5.41, 5.74) is 0.925. The standard InChI is InChI=1S/C12H15FN4S2/c1-14-7-8-5-4-6-9(13)10(8)18-12-16-15-11(19-12)17(2)3/h4-6,14H,7H2,1-3H3. The number of benzene rings is 1. The average molecular weight is 298 g/mol. The third-order valence-electron chi connectivity index (χ3n) is 2.38. The zero-order chi connectivity index (χ0) is 13.8. The number of hydrogen-bond donors (Lipinski definition) is 1. The lowest BCUT2D eigenvalue weighted by atomic mass is 10.2. The summed E-state index contributed by atoms with van der Waals surface area (Å²) in [5, 5.41) is 12.0. The van der Waals surface area contributed by atoms with Gasteiger partial charge in [-0.15, -0.1) is 10.2 Å². The Bertz CT molecular complexity index is 556. The molecule has 0 saturated carbocycles. The van der Waals surface area contributed by atoms with Gasteiger partial charge in [0.2, 0.25) is 5.13 Å². The molecule has 1 heterocycles. The third kappa shape index (κ3) is 3.43. The normalized spacial score (nSPS) is 10.7. The van der Waals surface area contributed by atoms with Crippen molar-refractivity contribution < 1.29 is 4.39 Å². The Balaban J connectivity index is 2.26. The fraction of sp³-hybridized carbons (Fsp3) is 0.333. The number of nitrogens with zero attached hydrogens (tertiary/aromatic N) is 3. The number of aromatic nitrogens is 2. The van der Waals surface area contributed by atoms with Gasteiger partial charge in [0.05, 0.1) is 4.90 Å². The minimum Gasteiger partial charge on any atom is -0.353 e. The highest BCUT2D eigenvalue weighted by Gasteiger charge is 2.13. The number of halogens is 1. The summed E-state index contributed by atoms with van der Waals surface area (Å²) in [7, 11) is 5.66. The second-order valence-corrected chi connectivity index (χ2v) is 6.32. The van der Waals surface area contributed by atoms with Gasteiger partial charge >= 0.3 is 0 Å². The van der Waals surface area contributed by atoms with Gasteiger partial charge in [-0.25, -0.2) is 4.39 Å². The largest absolute Gasteiger partial charge is 0.353 e. The van der Waals surface area contributed by atoms with Crippen LogP contribution < -0.4 is 10.2 Å². The Morgan fingerprint density at radius 1 is 1.37 bits per heavy atom. The van der Waals surface area contributed by atoms with E-state index in [1.807, 2.05) is 32.1 Å². The van der Waals surface area contributed by atoms with Gasteiger partial charge in [-0.05, 0) is 18.7 Å². The zero-order valence-electron chi connectivity index (χ0n) is 11.0. The van der Waals surface area contributed by atoms with Crippen molar-refractivity contribution in [1.29, 1.82) is 0 Å². The molecule has 1 N–H and O–H groups in total. The molecule has 7 heteroatoms. The van der Waals surface area contributed by atoms with Crippen LogP contribution in [0.4, 0.5) is 9.52 Å². The summed E-state index contributed by atoms with van der Waals surface area (Å²) < 4.78 is 14.7. The van der Waals surface area contributed by atoms with Gasteiger partial charge in [0, 0.05) is 20.6 Å². The topological polar surface area (TPSA) is 41.1 Å². The smallest absolute Gasteiger partial charge is 0.208 e. The number of rotatable bonds is 5. The van der Waals surface area contributed by atoms with E-state index in [0.29, 0.717) is 11.4 Å². The van der Waals surface area contributed by atoms with E-state index in [1.165, 1.54) is 29.2 Å². The number of hydrogen-bond acceptors (Lipinski definition) is 6. The Hall–Kier alpha value is -1.18. The van der Waals surface area contributed by atoms with Crippen LogP contribution in [0.15, 0.2) is 27.4 Å². The van der Waals surface area contributed by atoms with Crippen molar-refractivity contribution in [2.75, 3.05) is 26.0 Å². The molecule has 0 aliphatic carbocycles. The van der Waals surface area contributed by atoms with E-state index < -0.39 is 0 Å². The molecule has 0 aliphatic rings. The van der Waals surface area contributed by atoms with Crippen LogP contribution in [0.5, 0.6) is 0 Å². The molecule has 0 radical (unpaired) electrons. The zero-order valence-corrected chi connectivity index (χ0v) is 12.6. The molecule has 0 spiro atoms. The van der Waals surface area contributed by atoms with Gasteiger partial charge < -0.3 is 10.2 Å². The van der Waals surface area contributed by atoms with Gasteiger partial charge in [0.15, 0.2) is 4.34 Å². The summed E-state index contributed by atoms with van der Waals surface area (Å²) in [6.45, 7) is 0.624. The monoisotopic (exact) mass is 298 g/mol. The molecule has 1 aromatic carbocycles. The Morgan fingerprint density at radius 3 is 2.79 bits per heavy atom. The first-order chi connectivity index (χ1) is 9.11. The van der Waals surface area contributed by atoms with Gasteiger partial charge in [-0.3, -0.25) is 0 Å². The molecule has 0 amide bonds. The Labute approximate surface area is 120 Å². The summed E-state index contributed by atoms with van der Waals surface area (Å²) >= 11 is 2.77. The highest BCUT2D eigenvalue weighted by molar-refractivity contribution is 8.01. The molecule has 2 rings (SSSR count). The van der Waals surface area contributed by atoms with Crippen LogP contribution in [0.2, 0.25) is 0 Å². The van der Waals surface area contributed by atoms with Crippen LogP contribution in [0.25, 0.3) is 0 Å². The van der Waals surface area contributed by atoms with E-state index in [9.17, 15) is 4.39 Å².